The fourth-order valence-electron chi connectivity index (χ4n) is 3.49. The number of hydrogen-bond acceptors (Lipinski definition) is 4. The number of hydrogen-bond donors (Lipinski definition) is 0. The third-order valence-corrected chi connectivity index (χ3v) is 4.88. The van der Waals surface area contributed by atoms with Gasteiger partial charge in [-0.2, -0.15) is 0 Å². The van der Waals surface area contributed by atoms with Crippen LogP contribution >= 0.6 is 0 Å². The highest BCUT2D eigenvalue weighted by Crippen LogP contribution is 2.26. The third kappa shape index (κ3) is 7.21. The highest BCUT2D eigenvalue weighted by molar-refractivity contribution is 5.81. The van der Waals surface area contributed by atoms with Crippen molar-refractivity contribution in [1.82, 2.24) is 0 Å². The molecule has 0 N–H and O–H groups in total. The van der Waals surface area contributed by atoms with Crippen LogP contribution in [-0.2, 0) is 19.0 Å². The maximum atomic E-state index is 11.8. The molecule has 2 aliphatic carbocycles. The van der Waals surface area contributed by atoms with Gasteiger partial charge in [0.15, 0.2) is 0 Å². The van der Waals surface area contributed by atoms with Gasteiger partial charge in [-0.15, -0.1) is 0 Å². The van der Waals surface area contributed by atoms with Crippen LogP contribution in [0.15, 0.2) is 0 Å². The number of ether oxygens (including phenoxy) is 3. The maximum Gasteiger partial charge on any atom is 0.138 e. The van der Waals surface area contributed by atoms with E-state index in [1.54, 1.807) is 0 Å². The lowest BCUT2D eigenvalue weighted by molar-refractivity contribution is -0.123. The monoisotopic (exact) mass is 312 g/mol. The predicted molar refractivity (Wildman–Crippen MR) is 86.0 cm³/mol. The second kappa shape index (κ2) is 11.1. The van der Waals surface area contributed by atoms with Crippen LogP contribution in [0.3, 0.4) is 0 Å². The first kappa shape index (κ1) is 17.9. The van der Waals surface area contributed by atoms with Crippen molar-refractivity contribution < 1.29 is 19.0 Å². The lowest BCUT2D eigenvalue weighted by atomic mass is 10.0. The van der Waals surface area contributed by atoms with E-state index in [1.807, 2.05) is 0 Å². The summed E-state index contributed by atoms with van der Waals surface area (Å²) in [5, 5.41) is 0. The molecule has 0 amide bonds. The van der Waals surface area contributed by atoms with E-state index in [0.29, 0.717) is 51.2 Å². The zero-order valence-corrected chi connectivity index (χ0v) is 13.9. The van der Waals surface area contributed by atoms with E-state index in [4.69, 9.17) is 14.2 Å². The Morgan fingerprint density at radius 1 is 0.727 bits per heavy atom. The summed E-state index contributed by atoms with van der Waals surface area (Å²) in [6.45, 7) is 3.90. The van der Waals surface area contributed by atoms with Crippen molar-refractivity contribution in [2.75, 3.05) is 39.6 Å². The maximum absolute atomic E-state index is 11.8. The fourth-order valence-corrected chi connectivity index (χ4v) is 3.49. The quantitative estimate of drug-likeness (QED) is 0.518. The Hall–Kier alpha value is -0.450. The minimum atomic E-state index is 0.317. The minimum Gasteiger partial charge on any atom is -0.379 e. The second-order valence-corrected chi connectivity index (χ2v) is 6.65. The molecule has 0 bridgehead atoms. The minimum absolute atomic E-state index is 0.317. The molecule has 0 aliphatic heterocycles. The Morgan fingerprint density at radius 3 is 1.95 bits per heavy atom. The van der Waals surface area contributed by atoms with E-state index < -0.39 is 0 Å². The van der Waals surface area contributed by atoms with E-state index in [-0.39, 0.29) is 0 Å². The molecule has 2 aliphatic rings. The summed E-state index contributed by atoms with van der Waals surface area (Å²) < 4.78 is 16.6. The predicted octanol–water partition coefficient (Wildman–Crippen LogP) is 3.38. The van der Waals surface area contributed by atoms with Crippen molar-refractivity contribution >= 4 is 5.78 Å². The number of ketones is 1. The first-order valence-electron chi connectivity index (χ1n) is 9.12. The van der Waals surface area contributed by atoms with Crippen LogP contribution in [0, 0.1) is 11.8 Å². The Kier molecular flexibility index (Phi) is 9.06. The summed E-state index contributed by atoms with van der Waals surface area (Å²) in [5.41, 5.74) is 0. The molecule has 4 nitrogen and oxygen atoms in total. The standard InChI is InChI=1S/C18H32O4/c19-18(17-7-3-4-8-17)9-10-20-11-12-21-13-14-22-15-16-5-1-2-6-16/h16-17H,1-15H2. The normalized spacial score (nSPS) is 20.0. The lowest BCUT2D eigenvalue weighted by Gasteiger charge is -2.10. The van der Waals surface area contributed by atoms with Crippen LogP contribution in [0.25, 0.3) is 0 Å². The highest BCUT2D eigenvalue weighted by Gasteiger charge is 2.21. The molecule has 0 aromatic heterocycles. The fraction of sp³-hybridized carbons (Fsp3) is 0.944. The van der Waals surface area contributed by atoms with Gasteiger partial charge >= 0.3 is 0 Å². The second-order valence-electron chi connectivity index (χ2n) is 6.65. The average Bonchev–Trinajstić information content (AvgIpc) is 3.22. The molecule has 4 heteroatoms. The van der Waals surface area contributed by atoms with E-state index >= 15 is 0 Å². The SMILES string of the molecule is O=C(CCOCCOCCOCC1CCCC1)C1CCCC1. The average molecular weight is 312 g/mol. The summed E-state index contributed by atoms with van der Waals surface area (Å²) in [6, 6.07) is 0. The molecule has 0 unspecified atom stereocenters. The molecule has 0 aromatic carbocycles. The molecule has 0 aromatic rings. The number of Topliss-reactive ketones (excluding diaryl/α,β-unsaturated/α-hetero) is 1. The van der Waals surface area contributed by atoms with Crippen LogP contribution in [0.5, 0.6) is 0 Å². The van der Waals surface area contributed by atoms with Gasteiger partial charge in [0.2, 0.25) is 0 Å². The third-order valence-electron chi connectivity index (χ3n) is 4.88. The van der Waals surface area contributed by atoms with Gasteiger partial charge in [0.05, 0.1) is 33.0 Å². The number of rotatable bonds is 12. The smallest absolute Gasteiger partial charge is 0.138 e. The molecule has 0 radical (unpaired) electrons. The summed E-state index contributed by atoms with van der Waals surface area (Å²) in [4.78, 5) is 11.8. The summed E-state index contributed by atoms with van der Waals surface area (Å²) in [5.74, 6) is 1.48. The zero-order valence-electron chi connectivity index (χ0n) is 13.9. The van der Waals surface area contributed by atoms with Gasteiger partial charge in [-0.1, -0.05) is 25.7 Å². The highest BCUT2D eigenvalue weighted by atomic mass is 16.5. The number of carbonyl (C=O) groups is 1. The molecule has 2 fully saturated rings. The molecule has 22 heavy (non-hydrogen) atoms. The Bertz CT molecular complexity index is 293. The van der Waals surface area contributed by atoms with Crippen LogP contribution in [0.1, 0.15) is 57.8 Å². The van der Waals surface area contributed by atoms with Gasteiger partial charge in [0.1, 0.15) is 5.78 Å². The van der Waals surface area contributed by atoms with E-state index in [0.717, 1.165) is 25.4 Å². The Balaban J connectivity index is 1.30. The molecule has 0 atom stereocenters. The summed E-state index contributed by atoms with van der Waals surface area (Å²) in [6.07, 6.45) is 10.6. The van der Waals surface area contributed by atoms with Crippen molar-refractivity contribution in [3.63, 3.8) is 0 Å². The van der Waals surface area contributed by atoms with E-state index in [1.165, 1.54) is 38.5 Å². The van der Waals surface area contributed by atoms with E-state index in [2.05, 4.69) is 0 Å². The first-order valence-corrected chi connectivity index (χ1v) is 9.12. The van der Waals surface area contributed by atoms with Gasteiger partial charge in [0.25, 0.3) is 0 Å². The topological polar surface area (TPSA) is 44.8 Å². The van der Waals surface area contributed by atoms with Gasteiger partial charge in [-0.3, -0.25) is 4.79 Å². The van der Waals surface area contributed by atoms with Gasteiger partial charge in [-0.25, -0.2) is 0 Å². The van der Waals surface area contributed by atoms with E-state index in [9.17, 15) is 4.79 Å². The molecular formula is C18H32O4. The molecule has 0 spiro atoms. The van der Waals surface area contributed by atoms with Crippen molar-refractivity contribution in [3.8, 4) is 0 Å². The number of carbonyl (C=O) groups excluding carboxylic acids is 1. The first-order chi connectivity index (χ1) is 10.9. The van der Waals surface area contributed by atoms with Crippen molar-refractivity contribution in [2.24, 2.45) is 11.8 Å². The lowest BCUT2D eigenvalue weighted by Crippen LogP contribution is -2.15. The van der Waals surface area contributed by atoms with Crippen LogP contribution in [0.4, 0.5) is 0 Å². The largest absolute Gasteiger partial charge is 0.379 e. The van der Waals surface area contributed by atoms with Gasteiger partial charge in [-0.05, 0) is 31.6 Å². The van der Waals surface area contributed by atoms with Crippen molar-refractivity contribution in [2.45, 2.75) is 57.8 Å². The van der Waals surface area contributed by atoms with Gasteiger partial charge < -0.3 is 14.2 Å². The zero-order chi connectivity index (χ0) is 15.5. The Morgan fingerprint density at radius 2 is 1.27 bits per heavy atom. The van der Waals surface area contributed by atoms with Crippen LogP contribution in [0.2, 0.25) is 0 Å². The summed E-state index contributed by atoms with van der Waals surface area (Å²) >= 11 is 0. The molecule has 0 saturated heterocycles. The van der Waals surface area contributed by atoms with Gasteiger partial charge in [0, 0.05) is 18.9 Å². The molecule has 2 rings (SSSR count). The van der Waals surface area contributed by atoms with Crippen LogP contribution in [-0.4, -0.2) is 45.4 Å². The van der Waals surface area contributed by atoms with Crippen molar-refractivity contribution in [1.29, 1.82) is 0 Å². The Labute approximate surface area is 134 Å². The molecular weight excluding hydrogens is 280 g/mol. The van der Waals surface area contributed by atoms with Crippen LogP contribution < -0.4 is 0 Å². The molecule has 128 valence electrons. The summed E-state index contributed by atoms with van der Waals surface area (Å²) in [7, 11) is 0. The molecule has 2 saturated carbocycles. The van der Waals surface area contributed by atoms with Crippen molar-refractivity contribution in [3.05, 3.63) is 0 Å². The molecule has 0 heterocycles.